The minimum Gasteiger partial charge on any atom is -0.465 e. The van der Waals surface area contributed by atoms with E-state index < -0.39 is 35.7 Å². The number of carbonyl (C=O) groups excluding carboxylic acids is 3. The number of carbonyl (C=O) groups is 3. The van der Waals surface area contributed by atoms with Gasteiger partial charge in [0, 0.05) is 5.69 Å². The highest BCUT2D eigenvalue weighted by molar-refractivity contribution is 5.98. The summed E-state index contributed by atoms with van der Waals surface area (Å²) in [6, 6.07) is 9.28. The summed E-state index contributed by atoms with van der Waals surface area (Å²) in [5.41, 5.74) is -0.363. The lowest BCUT2D eigenvalue weighted by atomic mass is 10.1. The Bertz CT molecular complexity index is 861. The molecule has 1 amide bonds. The third-order valence-electron chi connectivity index (χ3n) is 3.67. The molecule has 2 aromatic carbocycles. The number of benzene rings is 2. The van der Waals surface area contributed by atoms with E-state index in [0.717, 1.165) is 24.3 Å². The lowest BCUT2D eigenvalue weighted by Crippen LogP contribution is -2.30. The predicted octanol–water partition coefficient (Wildman–Crippen LogP) is 3.68. The molecule has 0 saturated heterocycles. The van der Waals surface area contributed by atoms with Gasteiger partial charge in [-0.25, -0.2) is 9.59 Å². The zero-order chi connectivity index (χ0) is 20.9. The molecular weight excluding hydrogens is 379 g/mol. The zero-order valence-electron chi connectivity index (χ0n) is 14.9. The summed E-state index contributed by atoms with van der Waals surface area (Å²) in [5.74, 6) is -2.07. The second kappa shape index (κ2) is 8.55. The molecule has 0 aromatic heterocycles. The van der Waals surface area contributed by atoms with Gasteiger partial charge in [0.05, 0.1) is 23.8 Å². The number of esters is 2. The van der Waals surface area contributed by atoms with Crippen LogP contribution < -0.4 is 5.32 Å². The fraction of sp³-hybridized carbons (Fsp3) is 0.211. The van der Waals surface area contributed by atoms with Crippen LogP contribution in [-0.2, 0) is 20.4 Å². The monoisotopic (exact) mass is 395 g/mol. The van der Waals surface area contributed by atoms with Crippen LogP contribution >= 0.6 is 0 Å². The van der Waals surface area contributed by atoms with Gasteiger partial charge in [-0.3, -0.25) is 4.79 Å². The van der Waals surface area contributed by atoms with Crippen LogP contribution in [0.2, 0.25) is 0 Å². The van der Waals surface area contributed by atoms with Crippen molar-refractivity contribution in [1.82, 2.24) is 0 Å². The second-order valence-corrected chi connectivity index (χ2v) is 5.68. The third-order valence-corrected chi connectivity index (χ3v) is 3.67. The van der Waals surface area contributed by atoms with Gasteiger partial charge >= 0.3 is 18.1 Å². The third kappa shape index (κ3) is 5.32. The van der Waals surface area contributed by atoms with Crippen molar-refractivity contribution in [1.29, 1.82) is 0 Å². The molecule has 0 saturated carbocycles. The Morgan fingerprint density at radius 3 is 1.86 bits per heavy atom. The molecule has 0 aliphatic carbocycles. The van der Waals surface area contributed by atoms with Gasteiger partial charge in [-0.05, 0) is 55.5 Å². The first-order valence-electron chi connectivity index (χ1n) is 7.99. The second-order valence-electron chi connectivity index (χ2n) is 5.68. The Balaban J connectivity index is 1.96. The molecule has 0 fully saturated rings. The Morgan fingerprint density at radius 2 is 1.39 bits per heavy atom. The maximum Gasteiger partial charge on any atom is 0.416 e. The molecule has 0 aliphatic heterocycles. The molecule has 6 nitrogen and oxygen atoms in total. The van der Waals surface area contributed by atoms with E-state index in [2.05, 4.69) is 10.1 Å². The first kappa shape index (κ1) is 20.9. The maximum atomic E-state index is 12.5. The van der Waals surface area contributed by atoms with E-state index in [4.69, 9.17) is 4.74 Å². The van der Waals surface area contributed by atoms with Crippen LogP contribution in [0.5, 0.6) is 0 Å². The summed E-state index contributed by atoms with van der Waals surface area (Å²) in [5, 5.41) is 2.36. The smallest absolute Gasteiger partial charge is 0.416 e. The molecule has 0 unspecified atom stereocenters. The highest BCUT2D eigenvalue weighted by Crippen LogP contribution is 2.29. The van der Waals surface area contributed by atoms with Crippen molar-refractivity contribution in [2.45, 2.75) is 19.2 Å². The molecule has 2 rings (SSSR count). The minimum absolute atomic E-state index is 0.113. The number of alkyl halides is 3. The van der Waals surface area contributed by atoms with Gasteiger partial charge in [-0.15, -0.1) is 0 Å². The lowest BCUT2D eigenvalue weighted by Gasteiger charge is -2.14. The first-order chi connectivity index (χ1) is 13.1. The summed E-state index contributed by atoms with van der Waals surface area (Å²) in [7, 11) is 1.22. The summed E-state index contributed by atoms with van der Waals surface area (Å²) < 4.78 is 47.2. The Morgan fingerprint density at radius 1 is 0.893 bits per heavy atom. The largest absolute Gasteiger partial charge is 0.465 e. The van der Waals surface area contributed by atoms with Crippen LogP contribution in [0.1, 0.15) is 33.2 Å². The number of rotatable bonds is 5. The quantitative estimate of drug-likeness (QED) is 0.782. The van der Waals surface area contributed by atoms with Gasteiger partial charge in [-0.1, -0.05) is 0 Å². The molecular formula is C19H16F3NO5. The summed E-state index contributed by atoms with van der Waals surface area (Å²) in [4.78, 5) is 35.5. The first-order valence-corrected chi connectivity index (χ1v) is 7.99. The van der Waals surface area contributed by atoms with Crippen LogP contribution in [0, 0.1) is 0 Å². The van der Waals surface area contributed by atoms with Gasteiger partial charge in [0.1, 0.15) is 0 Å². The Labute approximate surface area is 158 Å². The summed E-state index contributed by atoms with van der Waals surface area (Å²) >= 11 is 0. The van der Waals surface area contributed by atoms with Crippen LogP contribution in [0.4, 0.5) is 18.9 Å². The van der Waals surface area contributed by atoms with Crippen molar-refractivity contribution < 1.29 is 37.0 Å². The van der Waals surface area contributed by atoms with E-state index >= 15 is 0 Å². The van der Waals surface area contributed by atoms with Crippen LogP contribution in [-0.4, -0.2) is 31.1 Å². The molecule has 0 spiro atoms. The molecule has 0 bridgehead atoms. The van der Waals surface area contributed by atoms with Crippen LogP contribution in [0.3, 0.4) is 0 Å². The highest BCUT2D eigenvalue weighted by atomic mass is 19.4. The number of methoxy groups -OCH3 is 1. The SMILES string of the molecule is COC(=O)c1ccc(C(=O)O[C@@H](C)C(=O)Nc2ccc(C(F)(F)F)cc2)cc1. The zero-order valence-corrected chi connectivity index (χ0v) is 14.9. The lowest BCUT2D eigenvalue weighted by molar-refractivity contribution is -0.137. The molecule has 0 heterocycles. The number of halogens is 3. The molecule has 148 valence electrons. The molecule has 2 aromatic rings. The van der Waals surface area contributed by atoms with Gasteiger partial charge in [0.15, 0.2) is 6.10 Å². The van der Waals surface area contributed by atoms with Crippen LogP contribution in [0.25, 0.3) is 0 Å². The molecule has 1 N–H and O–H groups in total. The molecule has 0 aliphatic rings. The van der Waals surface area contributed by atoms with Crippen molar-refractivity contribution in [2.75, 3.05) is 12.4 Å². The number of anilines is 1. The number of hydrogen-bond acceptors (Lipinski definition) is 5. The van der Waals surface area contributed by atoms with Gasteiger partial charge in [-0.2, -0.15) is 13.2 Å². The van der Waals surface area contributed by atoms with Gasteiger partial charge < -0.3 is 14.8 Å². The number of ether oxygens (including phenoxy) is 2. The van der Waals surface area contributed by atoms with Crippen molar-refractivity contribution in [2.24, 2.45) is 0 Å². The summed E-state index contributed by atoms with van der Waals surface area (Å²) in [6.45, 7) is 1.32. The van der Waals surface area contributed by atoms with Gasteiger partial charge in [0.2, 0.25) is 0 Å². The number of nitrogens with one attached hydrogen (secondary N) is 1. The van der Waals surface area contributed by atoms with E-state index in [-0.39, 0.29) is 16.8 Å². The Kier molecular flexibility index (Phi) is 6.40. The van der Waals surface area contributed by atoms with E-state index in [1.54, 1.807) is 0 Å². The fourth-order valence-corrected chi connectivity index (χ4v) is 2.13. The van der Waals surface area contributed by atoms with Crippen molar-refractivity contribution >= 4 is 23.5 Å². The maximum absolute atomic E-state index is 12.5. The predicted molar refractivity (Wildman–Crippen MR) is 92.7 cm³/mol. The number of amides is 1. The van der Waals surface area contributed by atoms with E-state index in [0.29, 0.717) is 0 Å². The van der Waals surface area contributed by atoms with E-state index in [9.17, 15) is 27.6 Å². The van der Waals surface area contributed by atoms with Gasteiger partial charge in [0.25, 0.3) is 5.91 Å². The van der Waals surface area contributed by atoms with E-state index in [1.807, 2.05) is 0 Å². The summed E-state index contributed by atoms with van der Waals surface area (Å²) in [6.07, 6.45) is -5.68. The molecule has 0 radical (unpaired) electrons. The normalized spacial score (nSPS) is 12.0. The van der Waals surface area contributed by atoms with Crippen molar-refractivity contribution in [3.8, 4) is 0 Å². The van der Waals surface area contributed by atoms with Crippen molar-refractivity contribution in [3.63, 3.8) is 0 Å². The van der Waals surface area contributed by atoms with Crippen LogP contribution in [0.15, 0.2) is 48.5 Å². The standard InChI is InChI=1S/C19H16F3NO5/c1-11(16(24)23-15-9-7-14(8-10-15)19(20,21)22)28-18(26)13-5-3-12(4-6-13)17(25)27-2/h3-11H,1-2H3,(H,23,24)/t11-/m0/s1. The Hall–Kier alpha value is -3.36. The molecule has 9 heteroatoms. The molecule has 28 heavy (non-hydrogen) atoms. The average Bonchev–Trinajstić information content (AvgIpc) is 2.67. The average molecular weight is 395 g/mol. The topological polar surface area (TPSA) is 81.7 Å². The minimum atomic E-state index is -4.48. The highest BCUT2D eigenvalue weighted by Gasteiger charge is 2.30. The number of hydrogen-bond donors (Lipinski definition) is 1. The van der Waals surface area contributed by atoms with E-state index in [1.165, 1.54) is 38.3 Å². The molecule has 1 atom stereocenters. The fourth-order valence-electron chi connectivity index (χ4n) is 2.13. The van der Waals surface area contributed by atoms with Crippen molar-refractivity contribution in [3.05, 3.63) is 65.2 Å².